The van der Waals surface area contributed by atoms with Crippen LogP contribution in [-0.2, 0) is 143 Å². The molecule has 35 heteroatoms. The third-order valence-electron chi connectivity index (χ3n) is 19.6. The Balaban J connectivity index is 0.000000238. The van der Waals surface area contributed by atoms with Gasteiger partial charge in [-0.1, -0.05) is 41.5 Å². The van der Waals surface area contributed by atoms with Gasteiger partial charge in [0.2, 0.25) is 18.5 Å². The second-order valence-corrected chi connectivity index (χ2v) is 29.7. The van der Waals surface area contributed by atoms with Crippen molar-refractivity contribution < 1.29 is 167 Å². The number of carbonyl (C=O) groups is 13. The van der Waals surface area contributed by atoms with Crippen molar-refractivity contribution in [1.82, 2.24) is 0 Å². The zero-order valence-electron chi connectivity index (χ0n) is 63.6. The Morgan fingerprint density at radius 2 is 0.886 bits per heavy atom. The maximum absolute atomic E-state index is 12.1. The number of hydrogen-bond acceptors (Lipinski definition) is 35. The fourth-order valence-corrected chi connectivity index (χ4v) is 10.5. The molecule has 16 unspecified atom stereocenters. The van der Waals surface area contributed by atoms with Gasteiger partial charge >= 0.3 is 78.5 Å². The topological polar surface area (TPSA) is 425 Å². The lowest BCUT2D eigenvalue weighted by Crippen LogP contribution is -2.52. The number of ether oxygens (including phenoxy) is 22. The minimum Gasteiger partial charge on any atom is -0.466 e. The molecular formula is C70H106O35. The SMILES string of the molecule is CCC(C)(C)C(=O)OC1CC2CC1OC(=O)O2.CCC(C)(C)C(=O)OCC1C2CC(OC(=O)O2)C1C.CCC(C)(C)C(=O)OCC1OC(=O)OC1C(=O)OC.CCC(C)(C)C(=O)OCC1OC(=O)OC2C1OC1OC(C)(C)OC12.CCC(C)(C)C(=O)OCCOC(=O)CC(=O)OCC1OC(=O)OC1OC. The van der Waals surface area contributed by atoms with Gasteiger partial charge in [0.15, 0.2) is 36.5 Å². The third-order valence-corrected chi connectivity index (χ3v) is 19.6. The van der Waals surface area contributed by atoms with E-state index in [1.807, 2.05) is 69.2 Å². The van der Waals surface area contributed by atoms with Gasteiger partial charge in [-0.2, -0.15) is 0 Å². The van der Waals surface area contributed by atoms with Gasteiger partial charge in [-0.25, -0.2) is 28.8 Å². The van der Waals surface area contributed by atoms with Crippen LogP contribution in [0.3, 0.4) is 0 Å². The Morgan fingerprint density at radius 1 is 0.438 bits per heavy atom. The lowest BCUT2D eigenvalue weighted by Gasteiger charge is -2.34. The molecule has 7 saturated heterocycles. The standard InChI is InChI=1S/C16H24O10.C16H24O8.C14H22O5.C12H18O7.C12H18O5/c1-5-16(2,3)14(19)23-7-6-22-11(17)8-12(18)24-9-10-13(21-4)26-15(20)25-10;1-6-15(2,3)13(17)19-7-8-9-10(22-14(18)20-8)11-12(21-9)24-16(4,5)23-11;1-5-14(3,4)12(15)17-7-9-8(2)10-6-11(9)19-13(16)18-10;1-5-12(2,3)10(14)17-6-7-8(9(13)16-4)19-11(15)18-7;1-4-12(2,3)10(13)16-8-5-7-6-9(8)17-11(14)15-7/h10,13H,5-9H2,1-4H3;8-12H,6-7H2,1-5H3;8-11H,5-7H2,1-4H3;7-8H,5-6H2,1-4H3;7-9H,4-6H2,1-3H3. The Labute approximate surface area is 609 Å². The van der Waals surface area contributed by atoms with Crippen LogP contribution in [0.1, 0.15) is 182 Å². The zero-order chi connectivity index (χ0) is 78.9. The van der Waals surface area contributed by atoms with E-state index in [1.165, 1.54) is 7.11 Å². The molecule has 2 saturated carbocycles. The Morgan fingerprint density at radius 3 is 1.45 bits per heavy atom. The molecule has 0 radical (unpaired) electrons. The van der Waals surface area contributed by atoms with Gasteiger partial charge in [0.05, 0.1) is 40.8 Å². The highest BCUT2D eigenvalue weighted by molar-refractivity contribution is 5.91. The molecule has 2 aliphatic carbocycles. The van der Waals surface area contributed by atoms with Crippen molar-refractivity contribution in [2.24, 2.45) is 38.9 Å². The summed E-state index contributed by atoms with van der Waals surface area (Å²) in [6.45, 7) is 32.4. The number of hydrogen-bond donors (Lipinski definition) is 0. The third kappa shape index (κ3) is 24.5. The predicted molar refractivity (Wildman–Crippen MR) is 351 cm³/mol. The summed E-state index contributed by atoms with van der Waals surface area (Å²) in [6.07, 6.45) is -7.84. The summed E-state index contributed by atoms with van der Waals surface area (Å²) in [5, 5.41) is 0. The van der Waals surface area contributed by atoms with Crippen LogP contribution in [0, 0.1) is 38.9 Å². The van der Waals surface area contributed by atoms with Crippen LogP contribution >= 0.6 is 0 Å². The first kappa shape index (κ1) is 87.6. The lowest BCUT2D eigenvalue weighted by atomic mass is 9.90. The van der Waals surface area contributed by atoms with Gasteiger partial charge in [-0.3, -0.25) is 33.6 Å². The van der Waals surface area contributed by atoms with Crippen molar-refractivity contribution >= 4 is 78.5 Å². The molecule has 7 aliphatic heterocycles. The highest BCUT2D eigenvalue weighted by Crippen LogP contribution is 2.43. The summed E-state index contributed by atoms with van der Waals surface area (Å²) in [5.74, 6) is -4.67. The summed E-state index contributed by atoms with van der Waals surface area (Å²) in [5.41, 5.74) is -2.81. The van der Waals surface area contributed by atoms with E-state index in [-0.39, 0.29) is 93.3 Å². The number of cyclic esters (lactones) is 5. The van der Waals surface area contributed by atoms with Gasteiger partial charge in [-0.05, 0) is 115 Å². The maximum Gasteiger partial charge on any atom is 0.511 e. The normalized spacial score (nSPS) is 28.6. The van der Waals surface area contributed by atoms with E-state index in [0.29, 0.717) is 51.6 Å². The molecule has 9 fully saturated rings. The summed E-state index contributed by atoms with van der Waals surface area (Å²) in [4.78, 5) is 150. The Bertz CT molecular complexity index is 3060. The van der Waals surface area contributed by atoms with Crippen LogP contribution in [0.5, 0.6) is 0 Å². The summed E-state index contributed by atoms with van der Waals surface area (Å²) >= 11 is 0. The number of fused-ring (bicyclic) bond motifs is 7. The molecule has 16 atom stereocenters. The number of carbonyl (C=O) groups excluding carboxylic acids is 13. The van der Waals surface area contributed by atoms with Crippen molar-refractivity contribution in [1.29, 1.82) is 0 Å². The van der Waals surface area contributed by atoms with Gasteiger partial charge in [-0.15, -0.1) is 0 Å². The van der Waals surface area contributed by atoms with E-state index in [1.54, 1.807) is 55.4 Å². The van der Waals surface area contributed by atoms with Crippen LogP contribution in [0.4, 0.5) is 24.0 Å². The molecule has 0 aromatic carbocycles. The highest BCUT2D eigenvalue weighted by atomic mass is 16.9. The lowest BCUT2D eigenvalue weighted by molar-refractivity contribution is -0.241. The molecule has 7 heterocycles. The summed E-state index contributed by atoms with van der Waals surface area (Å²) < 4.78 is 112. The number of methoxy groups -OCH3 is 2. The van der Waals surface area contributed by atoms with Crippen LogP contribution in [0.25, 0.3) is 0 Å². The molecule has 0 aromatic rings. The maximum atomic E-state index is 12.1. The number of rotatable bonds is 26. The van der Waals surface area contributed by atoms with E-state index in [0.717, 1.165) is 13.5 Å². The largest absolute Gasteiger partial charge is 0.511 e. The van der Waals surface area contributed by atoms with E-state index >= 15 is 0 Å². The van der Waals surface area contributed by atoms with Crippen LogP contribution in [-0.4, -0.2) is 224 Å². The molecule has 35 nitrogen and oxygen atoms in total. The van der Waals surface area contributed by atoms with Crippen molar-refractivity contribution in [3.8, 4) is 0 Å². The molecule has 596 valence electrons. The van der Waals surface area contributed by atoms with Crippen molar-refractivity contribution in [3.05, 3.63) is 0 Å². The first-order chi connectivity index (χ1) is 48.9. The molecule has 0 aromatic heterocycles. The average Bonchev–Trinajstić information content (AvgIpc) is 1.62. The molecule has 0 N–H and O–H groups in total. The quantitative estimate of drug-likeness (QED) is 0.0340. The first-order valence-electron chi connectivity index (χ1n) is 35.1. The predicted octanol–water partition coefficient (Wildman–Crippen LogP) is 8.30. The molecular weight excluding hydrogens is 1400 g/mol. The minimum atomic E-state index is -1.20. The average molecular weight is 1510 g/mol. The van der Waals surface area contributed by atoms with Gasteiger partial charge in [0.1, 0.15) is 76.1 Å². The summed E-state index contributed by atoms with van der Waals surface area (Å²) in [6, 6.07) is 0. The smallest absolute Gasteiger partial charge is 0.466 e. The molecule has 0 amide bonds. The second kappa shape index (κ2) is 37.5. The monoisotopic (exact) mass is 1510 g/mol. The van der Waals surface area contributed by atoms with E-state index in [4.69, 9.17) is 90.0 Å². The van der Waals surface area contributed by atoms with Gasteiger partial charge in [0.25, 0.3) is 0 Å². The molecule has 105 heavy (non-hydrogen) atoms. The Hall–Kier alpha value is -8.05. The second-order valence-electron chi connectivity index (χ2n) is 29.7. The summed E-state index contributed by atoms with van der Waals surface area (Å²) in [7, 11) is 2.46. The molecule has 0 spiro atoms. The molecule has 4 bridgehead atoms. The van der Waals surface area contributed by atoms with Gasteiger partial charge < -0.3 is 104 Å². The van der Waals surface area contributed by atoms with Crippen LogP contribution < -0.4 is 0 Å². The zero-order valence-corrected chi connectivity index (χ0v) is 63.6. The molecule has 9 rings (SSSR count). The van der Waals surface area contributed by atoms with E-state index < -0.39 is 155 Å². The van der Waals surface area contributed by atoms with Gasteiger partial charge in [0, 0.05) is 38.2 Å². The minimum absolute atomic E-state index is 0.0352. The van der Waals surface area contributed by atoms with Crippen molar-refractivity contribution in [2.75, 3.05) is 53.9 Å². The van der Waals surface area contributed by atoms with Crippen LogP contribution in [0.15, 0.2) is 0 Å². The number of esters is 8. The van der Waals surface area contributed by atoms with Crippen molar-refractivity contribution in [3.63, 3.8) is 0 Å². The molecule has 9 aliphatic rings. The fraction of sp³-hybridized carbons (Fsp3) is 0.814. The fourth-order valence-electron chi connectivity index (χ4n) is 10.5. The van der Waals surface area contributed by atoms with Crippen LogP contribution in [0.2, 0.25) is 0 Å². The Kier molecular flexibility index (Phi) is 31.3. The highest BCUT2D eigenvalue weighted by Gasteiger charge is 2.62. The van der Waals surface area contributed by atoms with E-state index in [2.05, 4.69) is 14.2 Å². The van der Waals surface area contributed by atoms with E-state index in [9.17, 15) is 62.3 Å². The van der Waals surface area contributed by atoms with Crippen molar-refractivity contribution in [2.45, 2.75) is 274 Å². The first-order valence-corrected chi connectivity index (χ1v) is 35.1.